The second kappa shape index (κ2) is 5.83. The lowest BCUT2D eigenvalue weighted by atomic mass is 10.1. The van der Waals surface area contributed by atoms with Crippen LogP contribution in [0.3, 0.4) is 0 Å². The van der Waals surface area contributed by atoms with Gasteiger partial charge in [0, 0.05) is 11.1 Å². The highest BCUT2D eigenvalue weighted by Crippen LogP contribution is 2.25. The number of amidine groups is 1. The molecule has 2 aromatic rings. The SMILES string of the molecule is N/C(=N/O)c1ccccc1NC(=O)c1ccc(O)c(O)c1. The molecule has 0 bridgehead atoms. The van der Waals surface area contributed by atoms with Crippen molar-refractivity contribution in [3.63, 3.8) is 0 Å². The van der Waals surface area contributed by atoms with Crippen LogP contribution in [0.4, 0.5) is 5.69 Å². The number of aromatic hydroxyl groups is 2. The van der Waals surface area contributed by atoms with E-state index in [1.807, 2.05) is 0 Å². The zero-order valence-electron chi connectivity index (χ0n) is 10.8. The normalized spacial score (nSPS) is 11.1. The van der Waals surface area contributed by atoms with Crippen LogP contribution in [0.15, 0.2) is 47.6 Å². The third kappa shape index (κ3) is 3.03. The molecule has 0 aliphatic carbocycles. The van der Waals surface area contributed by atoms with Gasteiger partial charge < -0.3 is 26.5 Å². The number of carbonyl (C=O) groups excluding carboxylic acids is 1. The summed E-state index contributed by atoms with van der Waals surface area (Å²) in [6.07, 6.45) is 0. The van der Waals surface area contributed by atoms with Crippen LogP contribution in [-0.2, 0) is 0 Å². The molecule has 0 aromatic heterocycles. The van der Waals surface area contributed by atoms with Crippen LogP contribution in [0.25, 0.3) is 0 Å². The molecule has 0 heterocycles. The molecule has 0 aliphatic rings. The van der Waals surface area contributed by atoms with Crippen molar-refractivity contribution in [1.82, 2.24) is 0 Å². The Morgan fingerprint density at radius 1 is 1.10 bits per heavy atom. The first kappa shape index (κ1) is 14.2. The fraction of sp³-hybridized carbons (Fsp3) is 0. The number of para-hydroxylation sites is 1. The minimum Gasteiger partial charge on any atom is -0.504 e. The molecule has 2 rings (SSSR count). The van der Waals surface area contributed by atoms with Gasteiger partial charge in [0.15, 0.2) is 17.3 Å². The molecule has 6 N–H and O–H groups in total. The highest BCUT2D eigenvalue weighted by molar-refractivity contribution is 6.10. The molecule has 7 heteroatoms. The Hall–Kier alpha value is -3.22. The van der Waals surface area contributed by atoms with Crippen LogP contribution in [0.5, 0.6) is 11.5 Å². The quantitative estimate of drug-likeness (QED) is 0.192. The topological polar surface area (TPSA) is 128 Å². The van der Waals surface area contributed by atoms with E-state index >= 15 is 0 Å². The predicted molar refractivity (Wildman–Crippen MR) is 76.7 cm³/mol. The highest BCUT2D eigenvalue weighted by atomic mass is 16.4. The van der Waals surface area contributed by atoms with Gasteiger partial charge in [-0.15, -0.1) is 0 Å². The van der Waals surface area contributed by atoms with Gasteiger partial charge in [0.05, 0.1) is 5.69 Å². The van der Waals surface area contributed by atoms with E-state index in [-0.39, 0.29) is 17.1 Å². The van der Waals surface area contributed by atoms with Crippen molar-refractivity contribution in [2.45, 2.75) is 0 Å². The fourth-order valence-corrected chi connectivity index (χ4v) is 1.73. The maximum absolute atomic E-state index is 12.1. The summed E-state index contributed by atoms with van der Waals surface area (Å²) in [6, 6.07) is 10.2. The molecule has 0 saturated carbocycles. The van der Waals surface area contributed by atoms with E-state index < -0.39 is 11.7 Å². The minimum absolute atomic E-state index is 0.139. The smallest absolute Gasteiger partial charge is 0.255 e. The van der Waals surface area contributed by atoms with Gasteiger partial charge in [-0.25, -0.2) is 0 Å². The monoisotopic (exact) mass is 287 g/mol. The molecule has 108 valence electrons. The number of hydrogen-bond acceptors (Lipinski definition) is 5. The van der Waals surface area contributed by atoms with Gasteiger partial charge in [0.25, 0.3) is 5.91 Å². The summed E-state index contributed by atoms with van der Waals surface area (Å²) < 4.78 is 0. The average Bonchev–Trinajstić information content (AvgIpc) is 2.49. The molecule has 0 unspecified atom stereocenters. The molecular formula is C14H13N3O4. The standard InChI is InChI=1S/C14H13N3O4/c15-13(17-21)9-3-1-2-4-10(9)16-14(20)8-5-6-11(18)12(19)7-8/h1-7,18-19,21H,(H2,15,17)(H,16,20). The van der Waals surface area contributed by atoms with E-state index in [0.717, 1.165) is 6.07 Å². The summed E-state index contributed by atoms with van der Waals surface area (Å²) in [5.74, 6) is -1.36. The van der Waals surface area contributed by atoms with Crippen molar-refractivity contribution >= 4 is 17.4 Å². The van der Waals surface area contributed by atoms with Crippen LogP contribution in [0.1, 0.15) is 15.9 Å². The number of phenolic OH excluding ortho intramolecular Hbond substituents is 2. The number of rotatable bonds is 3. The zero-order chi connectivity index (χ0) is 15.4. The second-order valence-corrected chi connectivity index (χ2v) is 4.19. The summed E-state index contributed by atoms with van der Waals surface area (Å²) in [6.45, 7) is 0. The number of nitrogens with two attached hydrogens (primary N) is 1. The third-order valence-electron chi connectivity index (χ3n) is 2.80. The van der Waals surface area contributed by atoms with Gasteiger partial charge in [0.1, 0.15) is 0 Å². The number of oxime groups is 1. The lowest BCUT2D eigenvalue weighted by molar-refractivity contribution is 0.102. The predicted octanol–water partition coefficient (Wildman–Crippen LogP) is 1.44. The molecule has 0 saturated heterocycles. The van der Waals surface area contributed by atoms with Gasteiger partial charge in [-0.1, -0.05) is 17.3 Å². The Balaban J connectivity index is 2.30. The average molecular weight is 287 g/mol. The van der Waals surface area contributed by atoms with Crippen molar-refractivity contribution in [3.05, 3.63) is 53.6 Å². The number of benzene rings is 2. The summed E-state index contributed by atoms with van der Waals surface area (Å²) in [7, 11) is 0. The minimum atomic E-state index is -0.511. The molecule has 0 spiro atoms. The largest absolute Gasteiger partial charge is 0.504 e. The molecule has 0 fully saturated rings. The van der Waals surface area contributed by atoms with Gasteiger partial charge in [0.2, 0.25) is 0 Å². The highest BCUT2D eigenvalue weighted by Gasteiger charge is 2.12. The van der Waals surface area contributed by atoms with Gasteiger partial charge in [-0.3, -0.25) is 4.79 Å². The Morgan fingerprint density at radius 3 is 2.48 bits per heavy atom. The van der Waals surface area contributed by atoms with E-state index in [4.69, 9.17) is 10.9 Å². The fourth-order valence-electron chi connectivity index (χ4n) is 1.73. The molecule has 2 aromatic carbocycles. The number of phenols is 2. The molecule has 1 amide bonds. The van der Waals surface area contributed by atoms with Crippen LogP contribution in [0.2, 0.25) is 0 Å². The first-order chi connectivity index (χ1) is 10.0. The van der Waals surface area contributed by atoms with Crippen LogP contribution < -0.4 is 11.1 Å². The summed E-state index contributed by atoms with van der Waals surface area (Å²) in [5.41, 5.74) is 6.39. The number of amides is 1. The number of hydrogen-bond donors (Lipinski definition) is 5. The van der Waals surface area contributed by atoms with Crippen LogP contribution in [-0.4, -0.2) is 27.2 Å². The maximum Gasteiger partial charge on any atom is 0.255 e. The Morgan fingerprint density at radius 2 is 1.81 bits per heavy atom. The van der Waals surface area contributed by atoms with Gasteiger partial charge >= 0.3 is 0 Å². The van der Waals surface area contributed by atoms with E-state index in [0.29, 0.717) is 11.3 Å². The first-order valence-corrected chi connectivity index (χ1v) is 5.93. The number of anilines is 1. The lowest BCUT2D eigenvalue weighted by Crippen LogP contribution is -2.19. The van der Waals surface area contributed by atoms with E-state index in [1.165, 1.54) is 12.1 Å². The third-order valence-corrected chi connectivity index (χ3v) is 2.80. The van der Waals surface area contributed by atoms with E-state index in [1.54, 1.807) is 24.3 Å². The Kier molecular flexibility index (Phi) is 3.94. The summed E-state index contributed by atoms with van der Waals surface area (Å²) in [5, 5.41) is 32.8. The van der Waals surface area contributed by atoms with Crippen LogP contribution >= 0.6 is 0 Å². The summed E-state index contributed by atoms with van der Waals surface area (Å²) in [4.78, 5) is 12.1. The van der Waals surface area contributed by atoms with E-state index in [2.05, 4.69) is 10.5 Å². The zero-order valence-corrected chi connectivity index (χ0v) is 10.8. The molecule has 7 nitrogen and oxygen atoms in total. The molecule has 0 aliphatic heterocycles. The number of nitrogens with one attached hydrogen (secondary N) is 1. The van der Waals surface area contributed by atoms with Gasteiger partial charge in [-0.2, -0.15) is 0 Å². The molecular weight excluding hydrogens is 274 g/mol. The van der Waals surface area contributed by atoms with Crippen LogP contribution in [0, 0.1) is 0 Å². The maximum atomic E-state index is 12.1. The molecule has 0 radical (unpaired) electrons. The Bertz CT molecular complexity index is 713. The molecule has 21 heavy (non-hydrogen) atoms. The number of nitrogens with zero attached hydrogens (tertiary/aromatic N) is 1. The van der Waals surface area contributed by atoms with Crippen molar-refractivity contribution < 1.29 is 20.2 Å². The van der Waals surface area contributed by atoms with E-state index in [9.17, 15) is 15.0 Å². The Labute approximate surface area is 120 Å². The van der Waals surface area contributed by atoms with Gasteiger partial charge in [-0.05, 0) is 30.3 Å². The van der Waals surface area contributed by atoms with Crippen molar-refractivity contribution in [3.8, 4) is 11.5 Å². The second-order valence-electron chi connectivity index (χ2n) is 4.19. The van der Waals surface area contributed by atoms with Crippen molar-refractivity contribution in [1.29, 1.82) is 0 Å². The lowest BCUT2D eigenvalue weighted by Gasteiger charge is -2.10. The van der Waals surface area contributed by atoms with Crippen molar-refractivity contribution in [2.75, 3.05) is 5.32 Å². The number of carbonyl (C=O) groups is 1. The summed E-state index contributed by atoms with van der Waals surface area (Å²) >= 11 is 0. The molecule has 0 atom stereocenters. The first-order valence-electron chi connectivity index (χ1n) is 5.93. The van der Waals surface area contributed by atoms with Crippen molar-refractivity contribution in [2.24, 2.45) is 10.9 Å².